The predicted octanol–water partition coefficient (Wildman–Crippen LogP) is 8.04. The van der Waals surface area contributed by atoms with Crippen LogP contribution < -0.4 is 0 Å². The SMILES string of the molecule is CO[C@H]1CC2CC[C@@H](C)[C@@](O)(O2)C(=O)C(=O)N2CCCCC2C(=O)O[C@H]([C@H](C)C[C@@H]2CC[C@@H](O)[C@H](OC)C2)CC(=O)[C@H](C)/C=C(\C)[C@@H](O[Si](C)(C)C)[C@@H](OC)C(=O)[C@H](C)C[C@H](C)/C=C/C=CC=C1C. The van der Waals surface area contributed by atoms with Crippen LogP contribution in [0.5, 0.6) is 0 Å². The summed E-state index contributed by atoms with van der Waals surface area (Å²) in [7, 11) is 2.40. The van der Waals surface area contributed by atoms with Crippen LogP contribution in [0.1, 0.15) is 126 Å². The van der Waals surface area contributed by atoms with Gasteiger partial charge < -0.3 is 43.2 Å². The van der Waals surface area contributed by atoms with Gasteiger partial charge in [0.25, 0.3) is 11.7 Å². The number of nitrogens with zero attached hydrogens (tertiary/aromatic N) is 1. The summed E-state index contributed by atoms with van der Waals surface area (Å²) in [4.78, 5) is 73.1. The Morgan fingerprint density at radius 3 is 2.20 bits per heavy atom. The molecule has 0 aromatic carbocycles. The van der Waals surface area contributed by atoms with E-state index in [-0.39, 0.29) is 60.7 Å². The van der Waals surface area contributed by atoms with Gasteiger partial charge in [-0.3, -0.25) is 19.2 Å². The quantitative estimate of drug-likeness (QED) is 0.103. The molecule has 14 nitrogen and oxygen atoms in total. The largest absolute Gasteiger partial charge is 0.460 e. The highest BCUT2D eigenvalue weighted by molar-refractivity contribution is 6.69. The molecule has 2 bridgehead atoms. The van der Waals surface area contributed by atoms with Gasteiger partial charge in [-0.15, -0.1) is 0 Å². The molecule has 15 atom stereocenters. The second kappa shape index (κ2) is 26.5. The second-order valence-corrected chi connectivity index (χ2v) is 26.3. The van der Waals surface area contributed by atoms with Crippen molar-refractivity contribution in [3.63, 3.8) is 0 Å². The van der Waals surface area contributed by atoms with Crippen molar-refractivity contribution in [1.29, 1.82) is 0 Å². The van der Waals surface area contributed by atoms with E-state index in [9.17, 15) is 34.2 Å². The Bertz CT molecular complexity index is 1870. The summed E-state index contributed by atoms with van der Waals surface area (Å²) in [5, 5.41) is 22.5. The van der Waals surface area contributed by atoms with Crippen molar-refractivity contribution in [3.8, 4) is 0 Å². The number of ether oxygens (including phenoxy) is 5. The first kappa shape index (κ1) is 58.4. The van der Waals surface area contributed by atoms with Gasteiger partial charge in [0.1, 0.15) is 24.0 Å². The summed E-state index contributed by atoms with van der Waals surface area (Å²) in [6.45, 7) is 19.4. The fourth-order valence-electron chi connectivity index (χ4n) is 10.6. The van der Waals surface area contributed by atoms with E-state index < -0.39 is 86.3 Å². The van der Waals surface area contributed by atoms with Crippen LogP contribution in [0.15, 0.2) is 47.6 Å². The zero-order valence-corrected chi connectivity index (χ0v) is 45.1. The number of Topliss-reactive ketones (excluding diaryl/α,β-unsaturated/α-hetero) is 3. The number of aliphatic hydroxyl groups excluding tert-OH is 1. The number of amides is 1. The highest BCUT2D eigenvalue weighted by Gasteiger charge is 2.53. The molecule has 2 unspecified atom stereocenters. The molecule has 1 aliphatic carbocycles. The maximum atomic E-state index is 14.5. The normalized spacial score (nSPS) is 37.8. The third kappa shape index (κ3) is 16.2. The number of piperidine rings is 1. The smallest absolute Gasteiger partial charge is 0.329 e. The summed E-state index contributed by atoms with van der Waals surface area (Å²) in [6.07, 6.45) is 12.7. The van der Waals surface area contributed by atoms with Crippen molar-refractivity contribution < 1.29 is 62.3 Å². The molecule has 3 fully saturated rings. The number of ketones is 3. The lowest BCUT2D eigenvalue weighted by atomic mass is 9.78. The van der Waals surface area contributed by atoms with E-state index in [1.54, 1.807) is 28.1 Å². The summed E-state index contributed by atoms with van der Waals surface area (Å²) in [5.41, 5.74) is 1.58. The molecule has 1 saturated carbocycles. The zero-order valence-electron chi connectivity index (χ0n) is 44.1. The van der Waals surface area contributed by atoms with Gasteiger partial charge in [0.15, 0.2) is 14.1 Å². The first-order valence-corrected chi connectivity index (χ1v) is 29.0. The average Bonchev–Trinajstić information content (AvgIpc) is 3.30. The van der Waals surface area contributed by atoms with Crippen LogP contribution in [0.4, 0.5) is 0 Å². The first-order valence-electron chi connectivity index (χ1n) is 25.6. The van der Waals surface area contributed by atoms with E-state index in [2.05, 4.69) is 6.92 Å². The van der Waals surface area contributed by atoms with Gasteiger partial charge in [0.05, 0.1) is 30.5 Å². The Hall–Kier alpha value is -3.15. The summed E-state index contributed by atoms with van der Waals surface area (Å²) in [6, 6.07) is -1.13. The Labute approximate surface area is 414 Å². The molecule has 4 rings (SSSR count). The summed E-state index contributed by atoms with van der Waals surface area (Å²) < 4.78 is 36.7. The molecule has 0 aromatic rings. The van der Waals surface area contributed by atoms with Gasteiger partial charge in [0, 0.05) is 58.5 Å². The van der Waals surface area contributed by atoms with Gasteiger partial charge in [-0.2, -0.15) is 0 Å². The molecule has 0 radical (unpaired) electrons. The second-order valence-electron chi connectivity index (χ2n) is 21.8. The minimum absolute atomic E-state index is 0.0556. The van der Waals surface area contributed by atoms with Crippen LogP contribution in [-0.4, -0.2) is 135 Å². The Balaban J connectivity index is 1.76. The van der Waals surface area contributed by atoms with Crippen LogP contribution in [0.2, 0.25) is 19.6 Å². The maximum absolute atomic E-state index is 14.5. The number of allylic oxidation sites excluding steroid dienone is 6. The third-order valence-corrected chi connectivity index (χ3v) is 15.9. The lowest BCUT2D eigenvalue weighted by Gasteiger charge is -2.42. The standard InChI is InChI=1S/C54H87NO13Si/c1-33-19-15-14-16-20-34(2)45(63-8)31-41-24-22-39(7)54(62,67-41)51(59)52(60)55-26-18-17-21-42(55)53(61)66-46(36(4)29-40-23-25-43(56)47(30-40)64-9)32-44(57)35(3)28-38(6)49(68-69(11,12)13)50(65-10)48(58)37(5)27-33/h14-16,19-20,28,33,35-37,39-43,45-47,49-50,56,62H,17-18,21-27,29-32H2,1-13H3/b16-14?,19-15+,34-20?,38-28+/t33-,35-,36-,37-,39-,40+,41?,42?,43-,45+,46+,47-,49-,50+,54-/m1/s1. The van der Waals surface area contributed by atoms with Crippen molar-refractivity contribution in [1.82, 2.24) is 4.90 Å². The molecular weight excluding hydrogens is 899 g/mol. The van der Waals surface area contributed by atoms with Crippen molar-refractivity contribution in [2.75, 3.05) is 27.9 Å². The van der Waals surface area contributed by atoms with Crippen molar-refractivity contribution in [3.05, 3.63) is 47.6 Å². The van der Waals surface area contributed by atoms with E-state index in [1.165, 1.54) is 12.0 Å². The Kier molecular flexibility index (Phi) is 22.4. The highest BCUT2D eigenvalue weighted by atomic mass is 28.4. The molecule has 390 valence electrons. The molecule has 2 saturated heterocycles. The molecule has 2 N–H and O–H groups in total. The predicted molar refractivity (Wildman–Crippen MR) is 267 cm³/mol. The molecule has 3 heterocycles. The molecule has 3 aliphatic heterocycles. The number of hydrogen-bond acceptors (Lipinski definition) is 13. The molecule has 0 aromatic heterocycles. The number of aliphatic hydroxyl groups is 2. The van der Waals surface area contributed by atoms with Crippen molar-refractivity contribution in [2.45, 2.75) is 200 Å². The van der Waals surface area contributed by atoms with E-state index in [1.807, 2.05) is 83.8 Å². The first-order chi connectivity index (χ1) is 32.4. The Morgan fingerprint density at radius 2 is 1.55 bits per heavy atom. The van der Waals surface area contributed by atoms with Gasteiger partial charge >= 0.3 is 5.97 Å². The number of fused-ring (bicyclic) bond motifs is 3. The van der Waals surface area contributed by atoms with Crippen LogP contribution in [0.3, 0.4) is 0 Å². The van der Waals surface area contributed by atoms with E-state index >= 15 is 0 Å². The van der Waals surface area contributed by atoms with E-state index in [4.69, 9.17) is 28.1 Å². The number of hydrogen-bond donors (Lipinski definition) is 2. The number of carbonyl (C=O) groups is 5. The van der Waals surface area contributed by atoms with E-state index in [0.717, 1.165) is 12.0 Å². The van der Waals surface area contributed by atoms with Gasteiger partial charge in [-0.25, -0.2) is 4.79 Å². The Morgan fingerprint density at radius 1 is 0.841 bits per heavy atom. The summed E-state index contributed by atoms with van der Waals surface area (Å²) >= 11 is 0. The monoisotopic (exact) mass is 986 g/mol. The average molecular weight is 986 g/mol. The molecule has 0 spiro atoms. The minimum Gasteiger partial charge on any atom is -0.460 e. The lowest BCUT2D eigenvalue weighted by molar-refractivity contribution is -0.265. The molecule has 4 aliphatic rings. The van der Waals surface area contributed by atoms with Gasteiger partial charge in [-0.1, -0.05) is 71.1 Å². The van der Waals surface area contributed by atoms with Crippen LogP contribution in [-0.2, 0) is 52.1 Å². The van der Waals surface area contributed by atoms with Crippen LogP contribution in [0, 0.1) is 35.5 Å². The minimum atomic E-state index is -2.42. The van der Waals surface area contributed by atoms with Gasteiger partial charge in [-0.05, 0) is 127 Å². The molecule has 1 amide bonds. The third-order valence-electron chi connectivity index (χ3n) is 14.9. The number of methoxy groups -OCH3 is 3. The molecular formula is C54H87NO13Si. The van der Waals surface area contributed by atoms with Crippen molar-refractivity contribution >= 4 is 37.5 Å². The molecule has 69 heavy (non-hydrogen) atoms. The fourth-order valence-corrected chi connectivity index (χ4v) is 11.7. The van der Waals surface area contributed by atoms with Crippen molar-refractivity contribution in [2.24, 2.45) is 35.5 Å². The van der Waals surface area contributed by atoms with Gasteiger partial charge in [0.2, 0.25) is 5.79 Å². The topological polar surface area (TPSA) is 184 Å². The van der Waals surface area contributed by atoms with E-state index in [0.29, 0.717) is 63.4 Å². The number of esters is 1. The fraction of sp³-hybridized carbons (Fsp3) is 0.759. The lowest BCUT2D eigenvalue weighted by Crippen LogP contribution is -2.61. The summed E-state index contributed by atoms with van der Waals surface area (Å²) in [5.74, 6) is -7.43. The molecule has 15 heteroatoms. The zero-order chi connectivity index (χ0) is 51.4. The number of carbonyl (C=O) groups excluding carboxylic acids is 5. The maximum Gasteiger partial charge on any atom is 0.329 e. The highest BCUT2D eigenvalue weighted by Crippen LogP contribution is 2.38. The van der Waals surface area contributed by atoms with Crippen LogP contribution >= 0.6 is 0 Å². The number of cyclic esters (lactones) is 1. The number of rotatable bonds is 8. The van der Waals surface area contributed by atoms with Crippen LogP contribution in [0.25, 0.3) is 0 Å².